The van der Waals surface area contributed by atoms with E-state index >= 15 is 0 Å². The quantitative estimate of drug-likeness (QED) is 0.863. The molecule has 0 fully saturated rings. The second kappa shape index (κ2) is 6.22. The van der Waals surface area contributed by atoms with Crippen LogP contribution in [0.25, 0.3) is 0 Å². The highest BCUT2D eigenvalue weighted by molar-refractivity contribution is 9.10. The van der Waals surface area contributed by atoms with E-state index in [-0.39, 0.29) is 6.03 Å². The summed E-state index contributed by atoms with van der Waals surface area (Å²) in [6.45, 7) is 1.92. The first-order chi connectivity index (χ1) is 9.60. The standard InChI is InChI=1S/C15H12BrN3O/c1-10-13(16)3-2-4-14(10)19-15(20)18-12-7-5-11(9-17)6-8-12/h2-8H,1H3,(H2,18,19,20). The summed E-state index contributed by atoms with van der Waals surface area (Å²) >= 11 is 3.42. The number of nitriles is 1. The van der Waals surface area contributed by atoms with Gasteiger partial charge in [0.1, 0.15) is 0 Å². The molecule has 0 radical (unpaired) electrons. The molecule has 0 aliphatic rings. The predicted molar refractivity (Wildman–Crippen MR) is 82.7 cm³/mol. The van der Waals surface area contributed by atoms with Gasteiger partial charge in [-0.3, -0.25) is 0 Å². The molecule has 2 N–H and O–H groups in total. The Morgan fingerprint density at radius 2 is 1.85 bits per heavy atom. The number of carbonyl (C=O) groups is 1. The van der Waals surface area contributed by atoms with Gasteiger partial charge in [-0.2, -0.15) is 5.26 Å². The normalized spacial score (nSPS) is 9.65. The van der Waals surface area contributed by atoms with E-state index in [1.165, 1.54) is 0 Å². The minimum Gasteiger partial charge on any atom is -0.308 e. The maximum Gasteiger partial charge on any atom is 0.323 e. The lowest BCUT2D eigenvalue weighted by molar-refractivity contribution is 0.262. The molecular formula is C15H12BrN3O. The third kappa shape index (κ3) is 3.37. The van der Waals surface area contributed by atoms with Gasteiger partial charge in [-0.05, 0) is 48.9 Å². The zero-order valence-corrected chi connectivity index (χ0v) is 12.4. The van der Waals surface area contributed by atoms with Crippen LogP contribution in [0, 0.1) is 18.3 Å². The van der Waals surface area contributed by atoms with E-state index in [0.717, 1.165) is 15.7 Å². The zero-order valence-electron chi connectivity index (χ0n) is 10.8. The van der Waals surface area contributed by atoms with E-state index in [9.17, 15) is 4.79 Å². The van der Waals surface area contributed by atoms with Crippen molar-refractivity contribution in [2.45, 2.75) is 6.92 Å². The predicted octanol–water partition coefficient (Wildman–Crippen LogP) is 4.27. The molecule has 0 heterocycles. The van der Waals surface area contributed by atoms with Gasteiger partial charge in [0.15, 0.2) is 0 Å². The van der Waals surface area contributed by atoms with Gasteiger partial charge in [-0.15, -0.1) is 0 Å². The van der Waals surface area contributed by atoms with Crippen LogP contribution in [0.4, 0.5) is 16.2 Å². The first-order valence-electron chi connectivity index (χ1n) is 5.93. The average Bonchev–Trinajstić information content (AvgIpc) is 2.45. The molecular weight excluding hydrogens is 318 g/mol. The fourth-order valence-corrected chi connectivity index (χ4v) is 2.02. The number of carbonyl (C=O) groups excluding carboxylic acids is 1. The number of nitrogens with one attached hydrogen (secondary N) is 2. The summed E-state index contributed by atoms with van der Waals surface area (Å²) < 4.78 is 0.939. The number of halogens is 1. The van der Waals surface area contributed by atoms with Gasteiger partial charge in [0.2, 0.25) is 0 Å². The van der Waals surface area contributed by atoms with Crippen molar-refractivity contribution in [3.63, 3.8) is 0 Å². The largest absolute Gasteiger partial charge is 0.323 e. The van der Waals surface area contributed by atoms with Crippen LogP contribution in [0.5, 0.6) is 0 Å². The Morgan fingerprint density at radius 1 is 1.15 bits per heavy atom. The molecule has 0 unspecified atom stereocenters. The Labute approximate surface area is 125 Å². The van der Waals surface area contributed by atoms with Gasteiger partial charge >= 0.3 is 6.03 Å². The number of nitrogens with zero attached hydrogens (tertiary/aromatic N) is 1. The van der Waals surface area contributed by atoms with Gasteiger partial charge in [-0.25, -0.2) is 4.79 Å². The van der Waals surface area contributed by atoms with Crippen LogP contribution in [0.3, 0.4) is 0 Å². The van der Waals surface area contributed by atoms with Gasteiger partial charge < -0.3 is 10.6 Å². The molecule has 0 aromatic heterocycles. The molecule has 0 atom stereocenters. The van der Waals surface area contributed by atoms with Crippen LogP contribution < -0.4 is 10.6 Å². The van der Waals surface area contributed by atoms with Crippen LogP contribution in [0.2, 0.25) is 0 Å². The Bertz CT molecular complexity index is 675. The smallest absolute Gasteiger partial charge is 0.308 e. The third-order valence-electron chi connectivity index (χ3n) is 2.79. The summed E-state index contributed by atoms with van der Waals surface area (Å²) in [6.07, 6.45) is 0. The summed E-state index contributed by atoms with van der Waals surface area (Å²) in [5.41, 5.74) is 2.89. The Kier molecular flexibility index (Phi) is 4.38. The molecule has 0 aliphatic heterocycles. The average molecular weight is 330 g/mol. The fourth-order valence-electron chi connectivity index (χ4n) is 1.66. The zero-order chi connectivity index (χ0) is 14.5. The van der Waals surface area contributed by atoms with Crippen molar-refractivity contribution in [3.05, 3.63) is 58.1 Å². The Hall–Kier alpha value is -2.32. The van der Waals surface area contributed by atoms with E-state index in [1.54, 1.807) is 24.3 Å². The highest BCUT2D eigenvalue weighted by Crippen LogP contribution is 2.23. The van der Waals surface area contributed by atoms with Crippen molar-refractivity contribution in [1.29, 1.82) is 5.26 Å². The molecule has 0 bridgehead atoms. The minimum atomic E-state index is -0.323. The van der Waals surface area contributed by atoms with E-state index in [1.807, 2.05) is 31.2 Å². The van der Waals surface area contributed by atoms with Crippen molar-refractivity contribution in [3.8, 4) is 6.07 Å². The molecule has 100 valence electrons. The molecule has 0 saturated carbocycles. The second-order valence-electron chi connectivity index (χ2n) is 4.18. The SMILES string of the molecule is Cc1c(Br)cccc1NC(=O)Nc1ccc(C#N)cc1. The maximum atomic E-state index is 11.9. The first kappa shape index (κ1) is 14.1. The molecule has 5 heteroatoms. The monoisotopic (exact) mass is 329 g/mol. The lowest BCUT2D eigenvalue weighted by Gasteiger charge is -2.10. The number of hydrogen-bond donors (Lipinski definition) is 2. The number of urea groups is 1. The highest BCUT2D eigenvalue weighted by Gasteiger charge is 2.06. The van der Waals surface area contributed by atoms with Crippen molar-refractivity contribution >= 4 is 33.3 Å². The fraction of sp³-hybridized carbons (Fsp3) is 0.0667. The Morgan fingerprint density at radius 3 is 2.50 bits per heavy atom. The molecule has 2 rings (SSSR count). The van der Waals surface area contributed by atoms with Crippen LogP contribution >= 0.6 is 15.9 Å². The van der Waals surface area contributed by atoms with Crippen LogP contribution in [-0.4, -0.2) is 6.03 Å². The summed E-state index contributed by atoms with van der Waals surface area (Å²) in [4.78, 5) is 11.9. The number of amides is 2. The Balaban J connectivity index is 2.05. The molecule has 2 aromatic carbocycles. The number of rotatable bonds is 2. The third-order valence-corrected chi connectivity index (χ3v) is 3.65. The van der Waals surface area contributed by atoms with Crippen molar-refractivity contribution < 1.29 is 4.79 Å². The molecule has 20 heavy (non-hydrogen) atoms. The summed E-state index contributed by atoms with van der Waals surface area (Å²) in [5.74, 6) is 0. The molecule has 0 saturated heterocycles. The molecule has 2 aromatic rings. The number of benzene rings is 2. The van der Waals surface area contributed by atoms with Gasteiger partial charge in [0.05, 0.1) is 11.6 Å². The lowest BCUT2D eigenvalue weighted by Crippen LogP contribution is -2.19. The van der Waals surface area contributed by atoms with Crippen LogP contribution in [0.15, 0.2) is 46.9 Å². The highest BCUT2D eigenvalue weighted by atomic mass is 79.9. The van der Waals surface area contributed by atoms with E-state index in [4.69, 9.17) is 5.26 Å². The number of anilines is 2. The topological polar surface area (TPSA) is 64.9 Å². The summed E-state index contributed by atoms with van der Waals surface area (Å²) in [7, 11) is 0. The first-order valence-corrected chi connectivity index (χ1v) is 6.73. The molecule has 0 spiro atoms. The van der Waals surface area contributed by atoms with Crippen molar-refractivity contribution in [1.82, 2.24) is 0 Å². The molecule has 0 aliphatic carbocycles. The minimum absolute atomic E-state index is 0.323. The summed E-state index contributed by atoms with van der Waals surface area (Å²) in [5, 5.41) is 14.2. The summed E-state index contributed by atoms with van der Waals surface area (Å²) in [6, 6.07) is 14.0. The van der Waals surface area contributed by atoms with E-state index < -0.39 is 0 Å². The van der Waals surface area contributed by atoms with Gasteiger partial charge in [0, 0.05) is 15.8 Å². The second-order valence-corrected chi connectivity index (χ2v) is 5.04. The lowest BCUT2D eigenvalue weighted by atomic mass is 10.2. The van der Waals surface area contributed by atoms with Crippen LogP contribution in [-0.2, 0) is 0 Å². The van der Waals surface area contributed by atoms with E-state index in [0.29, 0.717) is 11.3 Å². The van der Waals surface area contributed by atoms with Gasteiger partial charge in [-0.1, -0.05) is 22.0 Å². The van der Waals surface area contributed by atoms with Crippen LogP contribution in [0.1, 0.15) is 11.1 Å². The van der Waals surface area contributed by atoms with Gasteiger partial charge in [0.25, 0.3) is 0 Å². The van der Waals surface area contributed by atoms with Crippen molar-refractivity contribution in [2.75, 3.05) is 10.6 Å². The van der Waals surface area contributed by atoms with Crippen molar-refractivity contribution in [2.24, 2.45) is 0 Å². The molecule has 2 amide bonds. The maximum absolute atomic E-state index is 11.9. The number of hydrogen-bond acceptors (Lipinski definition) is 2. The molecule has 4 nitrogen and oxygen atoms in total. The van der Waals surface area contributed by atoms with E-state index in [2.05, 4.69) is 26.6 Å².